The topological polar surface area (TPSA) is 77.6 Å². The molecular weight excluding hydrogens is 328 g/mol. The third-order valence-electron chi connectivity index (χ3n) is 4.31. The van der Waals surface area contributed by atoms with Crippen molar-refractivity contribution in [1.82, 2.24) is 30.1 Å². The Bertz CT molecular complexity index is 1050. The molecule has 130 valence electrons. The molecule has 4 rings (SSSR count). The first kappa shape index (κ1) is 16.0. The molecule has 0 radical (unpaired) electrons. The standard InChI is InChI=1S/C19H18N6O/c1-14-6-7-17-15(12-14)8-10-24(17)11-9-20-19(26)16-4-2-3-5-18(16)25-13-21-22-23-25/h2-8,10,12-13H,9,11H2,1H3,(H,20,26). The van der Waals surface area contributed by atoms with Crippen LogP contribution < -0.4 is 5.32 Å². The summed E-state index contributed by atoms with van der Waals surface area (Å²) in [5.41, 5.74) is 3.59. The second-order valence-corrected chi connectivity index (χ2v) is 6.10. The van der Waals surface area contributed by atoms with Gasteiger partial charge < -0.3 is 9.88 Å². The molecule has 0 spiro atoms. The molecule has 2 aromatic heterocycles. The molecule has 0 saturated carbocycles. The maximum absolute atomic E-state index is 12.6. The molecule has 0 bridgehead atoms. The van der Waals surface area contributed by atoms with Gasteiger partial charge in [-0.15, -0.1) is 5.10 Å². The maximum Gasteiger partial charge on any atom is 0.253 e. The largest absolute Gasteiger partial charge is 0.350 e. The van der Waals surface area contributed by atoms with E-state index >= 15 is 0 Å². The van der Waals surface area contributed by atoms with Gasteiger partial charge in [-0.2, -0.15) is 4.68 Å². The zero-order chi connectivity index (χ0) is 17.9. The summed E-state index contributed by atoms with van der Waals surface area (Å²) >= 11 is 0. The number of para-hydroxylation sites is 1. The predicted octanol–water partition coefficient (Wildman–Crippen LogP) is 2.36. The Hall–Kier alpha value is -3.48. The number of rotatable bonds is 5. The van der Waals surface area contributed by atoms with Crippen LogP contribution in [-0.4, -0.2) is 37.2 Å². The molecule has 0 fully saturated rings. The monoisotopic (exact) mass is 346 g/mol. The average molecular weight is 346 g/mol. The van der Waals surface area contributed by atoms with Crippen molar-refractivity contribution in [2.75, 3.05) is 6.54 Å². The Morgan fingerprint density at radius 3 is 2.88 bits per heavy atom. The first-order valence-electron chi connectivity index (χ1n) is 8.38. The lowest BCUT2D eigenvalue weighted by atomic mass is 10.1. The quantitative estimate of drug-likeness (QED) is 0.602. The lowest BCUT2D eigenvalue weighted by Crippen LogP contribution is -2.28. The second kappa shape index (κ2) is 6.79. The Kier molecular flexibility index (Phi) is 4.18. The summed E-state index contributed by atoms with van der Waals surface area (Å²) in [5.74, 6) is -0.150. The Balaban J connectivity index is 1.46. The molecule has 0 aliphatic heterocycles. The van der Waals surface area contributed by atoms with Crippen molar-refractivity contribution in [3.05, 3.63) is 72.2 Å². The molecule has 0 aliphatic rings. The molecule has 0 unspecified atom stereocenters. The molecule has 1 N–H and O–H groups in total. The van der Waals surface area contributed by atoms with Gasteiger partial charge >= 0.3 is 0 Å². The van der Waals surface area contributed by atoms with Gasteiger partial charge in [-0.25, -0.2) is 0 Å². The summed E-state index contributed by atoms with van der Waals surface area (Å²) in [6.07, 6.45) is 3.52. The number of carbonyl (C=O) groups excluding carboxylic acids is 1. The number of hydrogen-bond donors (Lipinski definition) is 1. The zero-order valence-corrected chi connectivity index (χ0v) is 14.3. The molecule has 26 heavy (non-hydrogen) atoms. The third-order valence-corrected chi connectivity index (χ3v) is 4.31. The predicted molar refractivity (Wildman–Crippen MR) is 98.2 cm³/mol. The van der Waals surface area contributed by atoms with Crippen LogP contribution in [-0.2, 0) is 6.54 Å². The molecule has 7 heteroatoms. The summed E-state index contributed by atoms with van der Waals surface area (Å²) in [7, 11) is 0. The number of nitrogens with one attached hydrogen (secondary N) is 1. The van der Waals surface area contributed by atoms with E-state index in [2.05, 4.69) is 56.6 Å². The van der Waals surface area contributed by atoms with Crippen LogP contribution in [0.15, 0.2) is 61.1 Å². The number of nitrogens with zero attached hydrogens (tertiary/aromatic N) is 5. The SMILES string of the molecule is Cc1ccc2c(ccn2CCNC(=O)c2ccccc2-n2cnnn2)c1. The van der Waals surface area contributed by atoms with Crippen LogP contribution in [0.5, 0.6) is 0 Å². The molecule has 2 heterocycles. The molecule has 1 amide bonds. The van der Waals surface area contributed by atoms with Crippen LogP contribution in [0, 0.1) is 6.92 Å². The minimum Gasteiger partial charge on any atom is -0.350 e. The third kappa shape index (κ3) is 3.06. The van der Waals surface area contributed by atoms with E-state index in [4.69, 9.17) is 0 Å². The molecule has 0 saturated heterocycles. The zero-order valence-electron chi connectivity index (χ0n) is 14.3. The fourth-order valence-electron chi connectivity index (χ4n) is 3.04. The summed E-state index contributed by atoms with van der Waals surface area (Å²) in [4.78, 5) is 12.6. The Morgan fingerprint density at radius 2 is 2.04 bits per heavy atom. The van der Waals surface area contributed by atoms with Crippen LogP contribution in [0.2, 0.25) is 0 Å². The van der Waals surface area contributed by atoms with Gasteiger partial charge in [-0.1, -0.05) is 23.8 Å². The minimum absolute atomic E-state index is 0.150. The van der Waals surface area contributed by atoms with Crippen molar-refractivity contribution in [3.8, 4) is 5.69 Å². The van der Waals surface area contributed by atoms with Gasteiger partial charge in [0, 0.05) is 24.8 Å². The van der Waals surface area contributed by atoms with E-state index in [1.807, 2.05) is 24.4 Å². The van der Waals surface area contributed by atoms with Gasteiger partial charge in [0.1, 0.15) is 6.33 Å². The maximum atomic E-state index is 12.6. The highest BCUT2D eigenvalue weighted by Crippen LogP contribution is 2.17. The van der Waals surface area contributed by atoms with Crippen molar-refractivity contribution in [3.63, 3.8) is 0 Å². The first-order valence-corrected chi connectivity index (χ1v) is 8.38. The highest BCUT2D eigenvalue weighted by molar-refractivity contribution is 5.97. The number of fused-ring (bicyclic) bond motifs is 1. The fraction of sp³-hybridized carbons (Fsp3) is 0.158. The Morgan fingerprint density at radius 1 is 1.15 bits per heavy atom. The van der Waals surface area contributed by atoms with Gasteiger partial charge in [0.2, 0.25) is 0 Å². The van der Waals surface area contributed by atoms with Crippen LogP contribution in [0.4, 0.5) is 0 Å². The molecule has 2 aromatic carbocycles. The number of aryl methyl sites for hydroxylation is 1. The molecule has 0 aliphatic carbocycles. The normalized spacial score (nSPS) is 11.0. The number of benzene rings is 2. The van der Waals surface area contributed by atoms with Gasteiger partial charge in [0.05, 0.1) is 11.3 Å². The summed E-state index contributed by atoms with van der Waals surface area (Å²) in [5, 5.41) is 15.3. The highest BCUT2D eigenvalue weighted by atomic mass is 16.1. The van der Waals surface area contributed by atoms with Crippen LogP contribution in [0.25, 0.3) is 16.6 Å². The van der Waals surface area contributed by atoms with Crippen LogP contribution in [0.1, 0.15) is 15.9 Å². The van der Waals surface area contributed by atoms with Crippen molar-refractivity contribution in [2.24, 2.45) is 0 Å². The first-order chi connectivity index (χ1) is 12.7. The van der Waals surface area contributed by atoms with E-state index in [-0.39, 0.29) is 5.91 Å². The number of carbonyl (C=O) groups is 1. The molecular formula is C19H18N6O. The second-order valence-electron chi connectivity index (χ2n) is 6.10. The van der Waals surface area contributed by atoms with E-state index in [1.54, 1.807) is 6.07 Å². The minimum atomic E-state index is -0.150. The van der Waals surface area contributed by atoms with Gasteiger partial charge in [-0.05, 0) is 53.1 Å². The van der Waals surface area contributed by atoms with Gasteiger partial charge in [-0.3, -0.25) is 4.79 Å². The van der Waals surface area contributed by atoms with E-state index in [0.717, 1.165) is 0 Å². The number of aromatic nitrogens is 5. The molecule has 4 aromatic rings. The smallest absolute Gasteiger partial charge is 0.253 e. The highest BCUT2D eigenvalue weighted by Gasteiger charge is 2.12. The Labute approximate surface area is 150 Å². The summed E-state index contributed by atoms with van der Waals surface area (Å²) < 4.78 is 3.62. The fourth-order valence-corrected chi connectivity index (χ4v) is 3.04. The van der Waals surface area contributed by atoms with Gasteiger partial charge in [0.15, 0.2) is 0 Å². The lowest BCUT2D eigenvalue weighted by molar-refractivity contribution is 0.0952. The van der Waals surface area contributed by atoms with E-state index in [1.165, 1.54) is 27.5 Å². The van der Waals surface area contributed by atoms with E-state index in [0.29, 0.717) is 24.3 Å². The van der Waals surface area contributed by atoms with Gasteiger partial charge in [0.25, 0.3) is 5.91 Å². The molecule has 0 atom stereocenters. The summed E-state index contributed by atoms with van der Waals surface area (Å²) in [6, 6.07) is 15.7. The van der Waals surface area contributed by atoms with Crippen molar-refractivity contribution in [2.45, 2.75) is 13.5 Å². The van der Waals surface area contributed by atoms with Crippen molar-refractivity contribution in [1.29, 1.82) is 0 Å². The number of hydrogen-bond acceptors (Lipinski definition) is 4. The molecule has 7 nitrogen and oxygen atoms in total. The van der Waals surface area contributed by atoms with Crippen LogP contribution >= 0.6 is 0 Å². The van der Waals surface area contributed by atoms with E-state index < -0.39 is 0 Å². The summed E-state index contributed by atoms with van der Waals surface area (Å²) in [6.45, 7) is 3.31. The number of amides is 1. The average Bonchev–Trinajstić information content (AvgIpc) is 3.31. The lowest BCUT2D eigenvalue weighted by Gasteiger charge is -2.10. The van der Waals surface area contributed by atoms with Crippen LogP contribution in [0.3, 0.4) is 0 Å². The number of tetrazole rings is 1. The van der Waals surface area contributed by atoms with E-state index in [9.17, 15) is 4.79 Å². The van der Waals surface area contributed by atoms with Crippen molar-refractivity contribution >= 4 is 16.8 Å². The van der Waals surface area contributed by atoms with Crippen molar-refractivity contribution < 1.29 is 4.79 Å².